The number of aliphatic imine (C=N–C) groups is 1. The molecule has 0 fully saturated rings. The molecule has 5 unspecified atom stereocenters. The van der Waals surface area contributed by atoms with E-state index >= 15 is 0 Å². The van der Waals surface area contributed by atoms with Crippen LogP contribution in [0.4, 0.5) is 0 Å². The summed E-state index contributed by atoms with van der Waals surface area (Å²) >= 11 is 1.38. The molecule has 15 nitrogen and oxygen atoms in total. The summed E-state index contributed by atoms with van der Waals surface area (Å²) < 4.78 is 0. The summed E-state index contributed by atoms with van der Waals surface area (Å²) in [6.07, 6.45) is 0.0701. The Kier molecular flexibility index (Phi) is 15.0. The first kappa shape index (κ1) is 31.9. The number of carbonyl (C=O) groups is 5. The highest BCUT2D eigenvalue weighted by Crippen LogP contribution is 2.06. The maximum absolute atomic E-state index is 12.8. The lowest BCUT2D eigenvalue weighted by Crippen LogP contribution is -2.60. The Morgan fingerprint density at radius 2 is 1.54 bits per heavy atom. The maximum Gasteiger partial charge on any atom is 0.326 e. The van der Waals surface area contributed by atoms with Crippen LogP contribution in [0.3, 0.4) is 0 Å². The fourth-order valence-electron chi connectivity index (χ4n) is 2.75. The van der Waals surface area contributed by atoms with Crippen LogP contribution in [-0.4, -0.2) is 99.8 Å². The van der Waals surface area contributed by atoms with Gasteiger partial charge in [-0.3, -0.25) is 24.2 Å². The van der Waals surface area contributed by atoms with Gasteiger partial charge in [-0.25, -0.2) is 4.79 Å². The van der Waals surface area contributed by atoms with E-state index in [0.29, 0.717) is 5.75 Å². The first-order chi connectivity index (χ1) is 16.3. The van der Waals surface area contributed by atoms with Crippen molar-refractivity contribution < 1.29 is 39.3 Å². The topological polar surface area (TPSA) is 273 Å². The molecule has 0 aliphatic rings. The van der Waals surface area contributed by atoms with E-state index in [1.54, 1.807) is 6.26 Å². The molecular weight excluding hydrogens is 486 g/mol. The SMILES string of the molecule is CSCCC(NC(=O)C(NC(=O)C(N)CC(=O)O)C(C)O)C(=O)NC(CCCN=C(N)N)C(=O)O. The lowest BCUT2D eigenvalue weighted by atomic mass is 10.1. The molecule has 0 aromatic heterocycles. The Morgan fingerprint density at radius 3 is 2.03 bits per heavy atom. The molecule has 200 valence electrons. The van der Waals surface area contributed by atoms with E-state index < -0.39 is 66.4 Å². The summed E-state index contributed by atoms with van der Waals surface area (Å²) in [7, 11) is 0. The Morgan fingerprint density at radius 1 is 0.943 bits per heavy atom. The third-order valence-electron chi connectivity index (χ3n) is 4.60. The number of carbonyl (C=O) groups excluding carboxylic acids is 3. The van der Waals surface area contributed by atoms with Gasteiger partial charge in [-0.15, -0.1) is 0 Å². The number of guanidine groups is 1. The van der Waals surface area contributed by atoms with Crippen molar-refractivity contribution in [1.82, 2.24) is 16.0 Å². The first-order valence-electron chi connectivity index (χ1n) is 10.6. The summed E-state index contributed by atoms with van der Waals surface area (Å²) in [6, 6.07) is -5.46. The number of amides is 3. The number of carboxylic acids is 2. The molecule has 0 heterocycles. The second-order valence-corrected chi connectivity index (χ2v) is 8.61. The minimum absolute atomic E-state index is 0.0227. The number of nitrogens with zero attached hydrogens (tertiary/aromatic N) is 1. The van der Waals surface area contributed by atoms with Crippen molar-refractivity contribution in [2.75, 3.05) is 18.6 Å². The van der Waals surface area contributed by atoms with E-state index in [-0.39, 0.29) is 31.8 Å². The van der Waals surface area contributed by atoms with E-state index in [9.17, 15) is 34.2 Å². The van der Waals surface area contributed by atoms with E-state index in [4.69, 9.17) is 22.3 Å². The van der Waals surface area contributed by atoms with Crippen LogP contribution in [0.1, 0.15) is 32.6 Å². The fraction of sp³-hybridized carbons (Fsp3) is 0.684. The summed E-state index contributed by atoms with van der Waals surface area (Å²) in [5.41, 5.74) is 15.9. The fourth-order valence-corrected chi connectivity index (χ4v) is 3.22. The Bertz CT molecular complexity index is 776. The van der Waals surface area contributed by atoms with Gasteiger partial charge in [0.15, 0.2) is 5.96 Å². The smallest absolute Gasteiger partial charge is 0.326 e. The first-order valence-corrected chi connectivity index (χ1v) is 12.0. The van der Waals surface area contributed by atoms with Crippen LogP contribution >= 0.6 is 11.8 Å². The highest BCUT2D eigenvalue weighted by atomic mass is 32.2. The molecule has 5 atom stereocenters. The van der Waals surface area contributed by atoms with Crippen LogP contribution in [0.2, 0.25) is 0 Å². The number of nitrogens with one attached hydrogen (secondary N) is 3. The van der Waals surface area contributed by atoms with Crippen LogP contribution in [0, 0.1) is 0 Å². The van der Waals surface area contributed by atoms with Crippen LogP contribution in [0.5, 0.6) is 0 Å². The lowest BCUT2D eigenvalue weighted by Gasteiger charge is -2.26. The quantitative estimate of drug-likeness (QED) is 0.0512. The normalized spacial score (nSPS) is 15.0. The summed E-state index contributed by atoms with van der Waals surface area (Å²) in [4.78, 5) is 63.7. The van der Waals surface area contributed by atoms with Gasteiger partial charge in [0.1, 0.15) is 18.1 Å². The van der Waals surface area contributed by atoms with Crippen LogP contribution in [-0.2, 0) is 24.0 Å². The second kappa shape index (κ2) is 16.5. The minimum Gasteiger partial charge on any atom is -0.481 e. The van der Waals surface area contributed by atoms with Crippen molar-refractivity contribution in [3.63, 3.8) is 0 Å². The standard InChI is InChI=1S/C19H35N7O8S/c1-9(27)14(26-15(30)10(20)8-13(28)29)17(32)24-11(5-7-35-2)16(31)25-12(18(33)34)4-3-6-23-19(21)22/h9-12,14,27H,3-8,20H2,1-2H3,(H,24,32)(H,25,31)(H,26,30)(H,28,29)(H,33,34)(H4,21,22,23). The largest absolute Gasteiger partial charge is 0.481 e. The number of thioether (sulfide) groups is 1. The summed E-state index contributed by atoms with van der Waals surface area (Å²) in [6.45, 7) is 1.37. The highest BCUT2D eigenvalue weighted by molar-refractivity contribution is 7.98. The van der Waals surface area contributed by atoms with Crippen LogP contribution in [0.25, 0.3) is 0 Å². The van der Waals surface area contributed by atoms with Crippen molar-refractivity contribution in [2.24, 2.45) is 22.2 Å². The number of aliphatic hydroxyl groups is 1. The Labute approximate surface area is 206 Å². The van der Waals surface area contributed by atoms with Gasteiger partial charge in [-0.1, -0.05) is 0 Å². The Balaban J connectivity index is 5.36. The molecule has 0 radical (unpaired) electrons. The number of aliphatic hydroxyl groups excluding tert-OH is 1. The molecule has 16 heteroatoms. The molecule has 3 amide bonds. The van der Waals surface area contributed by atoms with E-state index in [0.717, 1.165) is 0 Å². The van der Waals surface area contributed by atoms with Crippen LogP contribution < -0.4 is 33.2 Å². The molecule has 0 spiro atoms. The van der Waals surface area contributed by atoms with Gasteiger partial charge in [0.25, 0.3) is 0 Å². The zero-order chi connectivity index (χ0) is 27.1. The molecule has 0 saturated carbocycles. The van der Waals surface area contributed by atoms with Crippen molar-refractivity contribution in [1.29, 1.82) is 0 Å². The minimum atomic E-state index is -1.54. The average Bonchev–Trinajstić information content (AvgIpc) is 2.75. The predicted octanol–water partition coefficient (Wildman–Crippen LogP) is -3.49. The molecule has 0 aromatic rings. The Hall–Kier alpha value is -3.11. The van der Waals surface area contributed by atoms with Gasteiger partial charge in [0.05, 0.1) is 18.6 Å². The molecule has 0 saturated heterocycles. The third-order valence-corrected chi connectivity index (χ3v) is 5.24. The predicted molar refractivity (Wildman–Crippen MR) is 128 cm³/mol. The van der Waals surface area contributed by atoms with Gasteiger partial charge in [-0.2, -0.15) is 11.8 Å². The summed E-state index contributed by atoms with van der Waals surface area (Å²) in [5.74, 6) is -5.04. The van der Waals surface area contributed by atoms with Crippen molar-refractivity contribution >= 4 is 47.4 Å². The van der Waals surface area contributed by atoms with Gasteiger partial charge < -0.3 is 48.5 Å². The number of hydrogen-bond donors (Lipinski definition) is 9. The van der Waals surface area contributed by atoms with Crippen molar-refractivity contribution in [2.45, 2.75) is 62.9 Å². The monoisotopic (exact) mass is 521 g/mol. The van der Waals surface area contributed by atoms with E-state index in [1.165, 1.54) is 18.7 Å². The summed E-state index contributed by atoms with van der Waals surface area (Å²) in [5, 5.41) is 35.1. The lowest BCUT2D eigenvalue weighted by molar-refractivity contribution is -0.142. The molecular formula is C19H35N7O8S. The number of nitrogens with two attached hydrogens (primary N) is 3. The molecule has 0 rings (SSSR count). The van der Waals surface area contributed by atoms with Gasteiger partial charge in [-0.05, 0) is 38.2 Å². The number of aliphatic carboxylic acids is 2. The molecule has 35 heavy (non-hydrogen) atoms. The molecule has 0 bridgehead atoms. The van der Waals surface area contributed by atoms with Crippen LogP contribution in [0.15, 0.2) is 4.99 Å². The maximum atomic E-state index is 12.8. The molecule has 12 N–H and O–H groups in total. The van der Waals surface area contributed by atoms with Gasteiger partial charge >= 0.3 is 11.9 Å². The average molecular weight is 522 g/mol. The molecule has 0 aromatic carbocycles. The second-order valence-electron chi connectivity index (χ2n) is 7.62. The molecule has 0 aliphatic heterocycles. The van der Waals surface area contributed by atoms with Crippen molar-refractivity contribution in [3.8, 4) is 0 Å². The number of hydrogen-bond acceptors (Lipinski definition) is 9. The van der Waals surface area contributed by atoms with E-state index in [2.05, 4.69) is 20.9 Å². The highest BCUT2D eigenvalue weighted by Gasteiger charge is 2.32. The van der Waals surface area contributed by atoms with Gasteiger partial charge in [0, 0.05) is 6.54 Å². The third kappa shape index (κ3) is 13.4. The zero-order valence-electron chi connectivity index (χ0n) is 19.6. The molecule has 0 aliphatic carbocycles. The zero-order valence-corrected chi connectivity index (χ0v) is 20.4. The number of rotatable bonds is 17. The number of carboxylic acid groups (broad SMARTS) is 2. The van der Waals surface area contributed by atoms with Gasteiger partial charge in [0.2, 0.25) is 17.7 Å². The van der Waals surface area contributed by atoms with E-state index in [1.807, 2.05) is 0 Å². The van der Waals surface area contributed by atoms with Crippen molar-refractivity contribution in [3.05, 3.63) is 0 Å².